The number of aryl methyl sites for hydroxylation is 1. The van der Waals surface area contributed by atoms with E-state index in [2.05, 4.69) is 69.5 Å². The lowest BCUT2D eigenvalue weighted by Gasteiger charge is -2.09. The van der Waals surface area contributed by atoms with Gasteiger partial charge < -0.3 is 8.98 Å². The summed E-state index contributed by atoms with van der Waals surface area (Å²) in [6.07, 6.45) is 1.65. The van der Waals surface area contributed by atoms with Crippen molar-refractivity contribution in [3.05, 3.63) is 83.8 Å². The fraction of sp³-hybridized carbons (Fsp3) is 0.0909. The van der Waals surface area contributed by atoms with Crippen molar-refractivity contribution in [1.82, 2.24) is 9.99 Å². The molecule has 0 aliphatic rings. The van der Waals surface area contributed by atoms with Crippen LogP contribution in [0.15, 0.2) is 67.0 Å². The molecule has 2 heterocycles. The van der Waals surface area contributed by atoms with Crippen LogP contribution < -0.4 is 5.43 Å². The van der Waals surface area contributed by atoms with Gasteiger partial charge in [-0.1, -0.05) is 31.9 Å². The number of amides is 1. The van der Waals surface area contributed by atoms with Gasteiger partial charge in [-0.3, -0.25) is 4.79 Å². The highest BCUT2D eigenvalue weighted by molar-refractivity contribution is 14.1. The molecule has 0 unspecified atom stereocenters. The number of benzene rings is 2. The van der Waals surface area contributed by atoms with Crippen molar-refractivity contribution < 1.29 is 9.21 Å². The lowest BCUT2D eigenvalue weighted by molar-refractivity contribution is 0.0929. The molecule has 0 atom stereocenters. The van der Waals surface area contributed by atoms with Crippen molar-refractivity contribution in [3.8, 4) is 5.69 Å². The van der Waals surface area contributed by atoms with Gasteiger partial charge >= 0.3 is 5.91 Å². The average Bonchev–Trinajstić information content (AvgIpc) is 3.24. The highest BCUT2D eigenvalue weighted by Gasteiger charge is 2.14. The molecular weight excluding hydrogens is 625 g/mol. The molecule has 5 nitrogen and oxygen atoms in total. The zero-order chi connectivity index (χ0) is 21.4. The zero-order valence-electron chi connectivity index (χ0n) is 16.0. The number of carbonyl (C=O) groups excluding carboxylic acids is 1. The van der Waals surface area contributed by atoms with Crippen LogP contribution in [0.2, 0.25) is 0 Å². The van der Waals surface area contributed by atoms with E-state index >= 15 is 0 Å². The van der Waals surface area contributed by atoms with Crippen molar-refractivity contribution >= 4 is 77.5 Å². The normalized spacial score (nSPS) is 11.5. The molecule has 152 valence electrons. The third kappa shape index (κ3) is 4.26. The number of carbonyl (C=O) groups is 1. The van der Waals surface area contributed by atoms with Crippen molar-refractivity contribution in [2.45, 2.75) is 13.8 Å². The van der Waals surface area contributed by atoms with Gasteiger partial charge in [-0.2, -0.15) is 5.10 Å². The van der Waals surface area contributed by atoms with Crippen LogP contribution in [-0.4, -0.2) is 16.7 Å². The molecule has 8 heteroatoms. The Morgan fingerprint density at radius 2 is 1.83 bits per heavy atom. The first-order valence-corrected chi connectivity index (χ1v) is 11.7. The van der Waals surface area contributed by atoms with Crippen LogP contribution in [0.3, 0.4) is 0 Å². The second-order valence-corrected chi connectivity index (χ2v) is 9.75. The Morgan fingerprint density at radius 1 is 1.10 bits per heavy atom. The van der Waals surface area contributed by atoms with Crippen LogP contribution in [0.4, 0.5) is 0 Å². The van der Waals surface area contributed by atoms with Crippen molar-refractivity contribution in [2.75, 3.05) is 0 Å². The molecule has 1 amide bonds. The first kappa shape index (κ1) is 21.3. The summed E-state index contributed by atoms with van der Waals surface area (Å²) in [7, 11) is 0. The number of nitrogens with one attached hydrogen (secondary N) is 1. The van der Waals surface area contributed by atoms with Gasteiger partial charge in [0.15, 0.2) is 5.76 Å². The molecule has 0 fully saturated rings. The highest BCUT2D eigenvalue weighted by Crippen LogP contribution is 2.28. The van der Waals surface area contributed by atoms with E-state index in [0.717, 1.165) is 40.5 Å². The Labute approximate surface area is 203 Å². The molecule has 0 radical (unpaired) electrons. The summed E-state index contributed by atoms with van der Waals surface area (Å²) >= 11 is 9.10. The molecule has 2 aromatic carbocycles. The van der Waals surface area contributed by atoms with Gasteiger partial charge in [-0.25, -0.2) is 5.43 Å². The van der Waals surface area contributed by atoms with Crippen LogP contribution in [0, 0.1) is 17.4 Å². The molecule has 0 saturated heterocycles. The molecule has 1 N–H and O–H groups in total. The summed E-state index contributed by atoms with van der Waals surface area (Å²) in [5.41, 5.74) is 7.36. The second-order valence-electron chi connectivity index (χ2n) is 6.75. The quantitative estimate of drug-likeness (QED) is 0.153. The van der Waals surface area contributed by atoms with Crippen LogP contribution in [0.25, 0.3) is 16.7 Å². The fourth-order valence-electron chi connectivity index (χ4n) is 3.31. The summed E-state index contributed by atoms with van der Waals surface area (Å²) in [6, 6.07) is 15.7. The predicted molar refractivity (Wildman–Crippen MR) is 135 cm³/mol. The lowest BCUT2D eigenvalue weighted by atomic mass is 10.2. The Hall–Kier alpha value is -1.91. The Balaban J connectivity index is 1.53. The number of nitrogens with zero attached hydrogens (tertiary/aromatic N) is 2. The SMILES string of the molecule is Cc1cc(/C=N/NC(=O)c2cc3cc(Br)cc(I)c3o2)c(C)n1-c1ccc(Br)cc1. The van der Waals surface area contributed by atoms with Crippen LogP contribution in [0.1, 0.15) is 27.5 Å². The van der Waals surface area contributed by atoms with E-state index in [-0.39, 0.29) is 5.76 Å². The maximum Gasteiger partial charge on any atom is 0.307 e. The maximum absolute atomic E-state index is 12.5. The van der Waals surface area contributed by atoms with Gasteiger partial charge in [-0.15, -0.1) is 0 Å². The van der Waals surface area contributed by atoms with Crippen molar-refractivity contribution in [1.29, 1.82) is 0 Å². The molecule has 30 heavy (non-hydrogen) atoms. The monoisotopic (exact) mass is 639 g/mol. The highest BCUT2D eigenvalue weighted by atomic mass is 127. The van der Waals surface area contributed by atoms with E-state index in [1.54, 1.807) is 12.3 Å². The summed E-state index contributed by atoms with van der Waals surface area (Å²) in [5, 5.41) is 5.00. The van der Waals surface area contributed by atoms with Crippen LogP contribution >= 0.6 is 54.5 Å². The molecule has 0 saturated carbocycles. The zero-order valence-corrected chi connectivity index (χ0v) is 21.4. The number of aromatic nitrogens is 1. The van der Waals surface area contributed by atoms with Crippen LogP contribution in [-0.2, 0) is 0 Å². The van der Waals surface area contributed by atoms with Crippen molar-refractivity contribution in [3.63, 3.8) is 0 Å². The van der Waals surface area contributed by atoms with E-state index in [0.29, 0.717) is 5.58 Å². The van der Waals surface area contributed by atoms with Gasteiger partial charge in [0.25, 0.3) is 0 Å². The summed E-state index contributed by atoms with van der Waals surface area (Å²) in [5.74, 6) is -0.172. The van der Waals surface area contributed by atoms with Gasteiger partial charge in [0.2, 0.25) is 0 Å². The number of hydrazone groups is 1. The lowest BCUT2D eigenvalue weighted by Crippen LogP contribution is -2.16. The van der Waals surface area contributed by atoms with Crippen molar-refractivity contribution in [2.24, 2.45) is 5.10 Å². The number of hydrogen-bond donors (Lipinski definition) is 1. The third-order valence-corrected chi connectivity index (χ3v) is 6.47. The van der Waals surface area contributed by atoms with Gasteiger partial charge in [0.1, 0.15) is 5.58 Å². The van der Waals surface area contributed by atoms with E-state index < -0.39 is 5.91 Å². The molecule has 4 rings (SSSR count). The molecule has 2 aromatic heterocycles. The van der Waals surface area contributed by atoms with Gasteiger partial charge in [0, 0.05) is 37.0 Å². The minimum atomic E-state index is -0.393. The summed E-state index contributed by atoms with van der Waals surface area (Å²) in [6.45, 7) is 4.07. The fourth-order valence-corrected chi connectivity index (χ4v) is 5.23. The minimum Gasteiger partial charge on any atom is -0.450 e. The molecular formula is C22H16Br2IN3O2. The third-order valence-electron chi connectivity index (χ3n) is 4.68. The Kier molecular flexibility index (Phi) is 6.17. The largest absolute Gasteiger partial charge is 0.450 e. The molecule has 0 aliphatic carbocycles. The molecule has 4 aromatic rings. The number of fused-ring (bicyclic) bond motifs is 1. The van der Waals surface area contributed by atoms with E-state index in [1.807, 2.05) is 56.3 Å². The standard InChI is InChI=1S/C22H16Br2IN3O2/c1-12-7-15(13(2)28(12)18-5-3-16(23)4-6-18)11-26-27-22(29)20-9-14-8-17(24)10-19(25)21(14)30-20/h3-11H,1-2H3,(H,27,29)/b26-11+. The number of rotatable bonds is 4. The Morgan fingerprint density at radius 3 is 2.57 bits per heavy atom. The first-order valence-electron chi connectivity index (χ1n) is 9.00. The van der Waals surface area contributed by atoms with E-state index in [1.165, 1.54) is 0 Å². The second kappa shape index (κ2) is 8.68. The molecule has 0 spiro atoms. The van der Waals surface area contributed by atoms with Gasteiger partial charge in [-0.05, 0) is 85.0 Å². The van der Waals surface area contributed by atoms with Gasteiger partial charge in [0.05, 0.1) is 9.78 Å². The number of halogens is 3. The number of furan rings is 1. The van der Waals surface area contributed by atoms with E-state index in [4.69, 9.17) is 4.42 Å². The molecule has 0 bridgehead atoms. The average molecular weight is 641 g/mol. The minimum absolute atomic E-state index is 0.221. The van der Waals surface area contributed by atoms with Crippen LogP contribution in [0.5, 0.6) is 0 Å². The topological polar surface area (TPSA) is 59.5 Å². The summed E-state index contributed by atoms with van der Waals surface area (Å²) in [4.78, 5) is 12.5. The number of hydrogen-bond acceptors (Lipinski definition) is 3. The predicted octanol–water partition coefficient (Wildman–Crippen LogP) is 6.73. The Bertz CT molecular complexity index is 1290. The maximum atomic E-state index is 12.5. The summed E-state index contributed by atoms with van der Waals surface area (Å²) < 4.78 is 10.8. The smallest absolute Gasteiger partial charge is 0.307 e. The van der Waals surface area contributed by atoms with E-state index in [9.17, 15) is 4.79 Å². The first-order chi connectivity index (χ1) is 14.3. The molecule has 0 aliphatic heterocycles.